The first-order valence-electron chi connectivity index (χ1n) is 16.0. The lowest BCUT2D eigenvalue weighted by atomic mass is 10.1. The predicted octanol–water partition coefficient (Wildman–Crippen LogP) is 8.36. The maximum absolute atomic E-state index is 6.11. The molecule has 2 nitrogen and oxygen atoms in total. The van der Waals surface area contributed by atoms with Gasteiger partial charge in [-0.2, -0.15) is 0 Å². The van der Waals surface area contributed by atoms with Gasteiger partial charge in [0.2, 0.25) is 0 Å². The van der Waals surface area contributed by atoms with E-state index in [4.69, 9.17) is 11.5 Å². The van der Waals surface area contributed by atoms with Crippen LogP contribution in [-0.4, -0.2) is 0 Å². The van der Waals surface area contributed by atoms with Crippen molar-refractivity contribution in [1.29, 1.82) is 0 Å². The largest absolute Gasteiger partial charge is 0.398 e. The zero-order chi connectivity index (χ0) is 32.7. The Morgan fingerprint density at radius 1 is 0.271 bits per heavy atom. The van der Waals surface area contributed by atoms with Gasteiger partial charge in [-0.25, -0.2) is 0 Å². The van der Waals surface area contributed by atoms with E-state index in [2.05, 4.69) is 170 Å². The normalized spacial score (nSPS) is 11.0. The molecule has 0 aliphatic rings. The Morgan fingerprint density at radius 3 is 0.896 bits per heavy atom. The van der Waals surface area contributed by atoms with Crippen molar-refractivity contribution < 1.29 is 0 Å². The second kappa shape index (κ2) is 14.7. The Bertz CT molecular complexity index is 2010. The molecule has 232 valence electrons. The highest BCUT2D eigenvalue weighted by atomic mass is 31.1. The first-order valence-corrected chi connectivity index (χ1v) is 18.7. The lowest BCUT2D eigenvalue weighted by Crippen LogP contribution is -2.20. The van der Waals surface area contributed by atoms with Gasteiger partial charge in [0.1, 0.15) is 0 Å². The molecule has 4 N–H and O–H groups in total. The number of nitrogens with two attached hydrogens (primary N) is 2. The van der Waals surface area contributed by atoms with Crippen molar-refractivity contribution >= 4 is 80.6 Å². The van der Waals surface area contributed by atoms with Gasteiger partial charge < -0.3 is 11.5 Å². The summed E-state index contributed by atoms with van der Waals surface area (Å²) in [6.07, 6.45) is 0. The minimum atomic E-state index is -0.570. The van der Waals surface area contributed by atoms with E-state index in [9.17, 15) is 0 Å². The maximum Gasteiger partial charge on any atom is 0.0393 e. The highest BCUT2D eigenvalue weighted by Gasteiger charge is 2.18. The van der Waals surface area contributed by atoms with Gasteiger partial charge in [-0.1, -0.05) is 170 Å². The first kappa shape index (κ1) is 31.3. The summed E-state index contributed by atoms with van der Waals surface area (Å²) in [6.45, 7) is 0. The van der Waals surface area contributed by atoms with Crippen LogP contribution in [-0.2, 0) is 0 Å². The Morgan fingerprint density at radius 2 is 0.583 bits per heavy atom. The van der Waals surface area contributed by atoms with Crippen molar-refractivity contribution in [3.8, 4) is 0 Å². The molecule has 0 bridgehead atoms. The molecule has 0 heterocycles. The summed E-state index contributed by atoms with van der Waals surface area (Å²) in [6, 6.07) is 68.6. The maximum atomic E-state index is 6.11. The Kier molecular flexibility index (Phi) is 9.57. The topological polar surface area (TPSA) is 52.0 Å². The molecule has 0 amide bonds. The molecule has 4 heteroatoms. The summed E-state index contributed by atoms with van der Waals surface area (Å²) in [7, 11) is -1.14. The molecular weight excluding hydrogens is 618 g/mol. The molecule has 0 aliphatic carbocycles. The molecule has 0 spiro atoms. The summed E-state index contributed by atoms with van der Waals surface area (Å²) >= 11 is 0. The molecule has 0 radical (unpaired) electrons. The van der Waals surface area contributed by atoms with Gasteiger partial charge in [-0.3, -0.25) is 0 Å². The quantitative estimate of drug-likeness (QED) is 0.140. The summed E-state index contributed by atoms with van der Waals surface area (Å²) in [4.78, 5) is 0. The van der Waals surface area contributed by atoms with Crippen molar-refractivity contribution in [1.82, 2.24) is 0 Å². The minimum Gasteiger partial charge on any atom is -0.398 e. The summed E-state index contributed by atoms with van der Waals surface area (Å²) in [5.41, 5.74) is 13.9. The number of anilines is 2. The van der Waals surface area contributed by atoms with Gasteiger partial charge in [0.25, 0.3) is 0 Å². The molecule has 0 atom stereocenters. The van der Waals surface area contributed by atoms with Crippen LogP contribution in [0.25, 0.3) is 21.5 Å². The van der Waals surface area contributed by atoms with E-state index in [0.717, 1.165) is 22.1 Å². The number of hydrogen-bond donors (Lipinski definition) is 2. The van der Waals surface area contributed by atoms with Gasteiger partial charge in [0.05, 0.1) is 0 Å². The number of rotatable bonds is 6. The van der Waals surface area contributed by atoms with Gasteiger partial charge >= 0.3 is 0 Å². The standard InChI is InChI=1S/2C22H18NP/c2*23-22-13-7-8-17-16-20(14-15-21(17)22)24(18-9-3-1-4-10-18)19-11-5-2-6-12-19/h2*1-16H,23H2. The van der Waals surface area contributed by atoms with Crippen LogP contribution < -0.4 is 43.3 Å². The third-order valence-corrected chi connectivity index (χ3v) is 13.2. The minimum absolute atomic E-state index is 0.570. The Hall–Kier alpha value is -5.26. The number of benzene rings is 8. The zero-order valence-corrected chi connectivity index (χ0v) is 28.3. The zero-order valence-electron chi connectivity index (χ0n) is 26.5. The molecule has 0 fully saturated rings. The third kappa shape index (κ3) is 6.87. The van der Waals surface area contributed by atoms with E-state index in [1.54, 1.807) is 0 Å². The smallest absolute Gasteiger partial charge is 0.0393 e. The fourth-order valence-electron chi connectivity index (χ4n) is 6.07. The van der Waals surface area contributed by atoms with Gasteiger partial charge in [-0.05, 0) is 82.7 Å². The van der Waals surface area contributed by atoms with E-state index in [1.807, 2.05) is 24.3 Å². The average Bonchev–Trinajstić information content (AvgIpc) is 3.14. The molecule has 0 unspecified atom stereocenters. The van der Waals surface area contributed by atoms with Crippen molar-refractivity contribution in [2.75, 3.05) is 11.5 Å². The molecule has 0 saturated carbocycles. The molecule has 0 saturated heterocycles. The lowest BCUT2D eigenvalue weighted by Gasteiger charge is -2.20. The van der Waals surface area contributed by atoms with Crippen LogP contribution >= 0.6 is 15.8 Å². The van der Waals surface area contributed by atoms with Crippen molar-refractivity contribution in [3.05, 3.63) is 194 Å². The van der Waals surface area contributed by atoms with Crippen LogP contribution in [0.15, 0.2) is 194 Å². The first-order chi connectivity index (χ1) is 23.7. The molecule has 8 aromatic rings. The van der Waals surface area contributed by atoms with Crippen LogP contribution in [0, 0.1) is 0 Å². The lowest BCUT2D eigenvalue weighted by molar-refractivity contribution is 1.74. The summed E-state index contributed by atoms with van der Waals surface area (Å²) < 4.78 is 0. The van der Waals surface area contributed by atoms with Gasteiger partial charge in [0, 0.05) is 22.1 Å². The van der Waals surface area contributed by atoms with Crippen LogP contribution in [0.4, 0.5) is 11.4 Å². The number of hydrogen-bond acceptors (Lipinski definition) is 2. The summed E-state index contributed by atoms with van der Waals surface area (Å²) in [5.74, 6) is 0. The van der Waals surface area contributed by atoms with Gasteiger partial charge in [0.15, 0.2) is 0 Å². The van der Waals surface area contributed by atoms with Gasteiger partial charge in [-0.15, -0.1) is 0 Å². The molecule has 0 aromatic heterocycles. The molecule has 0 aliphatic heterocycles. The van der Waals surface area contributed by atoms with E-state index in [0.29, 0.717) is 0 Å². The summed E-state index contributed by atoms with van der Waals surface area (Å²) in [5, 5.41) is 12.8. The highest BCUT2D eigenvalue weighted by molar-refractivity contribution is 7.80. The van der Waals surface area contributed by atoms with Crippen molar-refractivity contribution in [2.45, 2.75) is 0 Å². The Balaban J connectivity index is 0.000000152. The Labute approximate surface area is 285 Å². The van der Waals surface area contributed by atoms with Crippen LogP contribution in [0.1, 0.15) is 0 Å². The molecule has 8 rings (SSSR count). The highest BCUT2D eigenvalue weighted by Crippen LogP contribution is 2.35. The third-order valence-electron chi connectivity index (χ3n) is 8.37. The number of nitrogen functional groups attached to an aromatic ring is 2. The average molecular weight is 655 g/mol. The van der Waals surface area contributed by atoms with Crippen molar-refractivity contribution in [3.63, 3.8) is 0 Å². The monoisotopic (exact) mass is 654 g/mol. The second-order valence-electron chi connectivity index (χ2n) is 11.5. The molecular formula is C44H36N2P2. The van der Waals surface area contributed by atoms with Crippen LogP contribution in [0.3, 0.4) is 0 Å². The fourth-order valence-corrected chi connectivity index (χ4v) is 10.7. The van der Waals surface area contributed by atoms with E-state index >= 15 is 0 Å². The predicted molar refractivity (Wildman–Crippen MR) is 214 cm³/mol. The van der Waals surface area contributed by atoms with E-state index in [1.165, 1.54) is 42.6 Å². The molecule has 48 heavy (non-hydrogen) atoms. The van der Waals surface area contributed by atoms with E-state index in [-0.39, 0.29) is 0 Å². The number of fused-ring (bicyclic) bond motifs is 2. The fraction of sp³-hybridized carbons (Fsp3) is 0. The van der Waals surface area contributed by atoms with Crippen molar-refractivity contribution in [2.24, 2.45) is 0 Å². The molecule has 8 aromatic carbocycles. The SMILES string of the molecule is Nc1cccc2cc(P(c3ccccc3)c3ccccc3)ccc12.Nc1cccc2cc(P(c3ccccc3)c3ccccc3)ccc12. The van der Waals surface area contributed by atoms with Crippen LogP contribution in [0.2, 0.25) is 0 Å². The van der Waals surface area contributed by atoms with E-state index < -0.39 is 15.8 Å². The second-order valence-corrected chi connectivity index (χ2v) is 16.0. The van der Waals surface area contributed by atoms with Crippen LogP contribution in [0.5, 0.6) is 0 Å².